The second-order valence-corrected chi connectivity index (χ2v) is 3.46. The van der Waals surface area contributed by atoms with Gasteiger partial charge in [-0.15, -0.1) is 0 Å². The van der Waals surface area contributed by atoms with Crippen LogP contribution in [0.25, 0.3) is 0 Å². The third kappa shape index (κ3) is 3.53. The first-order valence-corrected chi connectivity index (χ1v) is 4.15. The van der Waals surface area contributed by atoms with Crippen LogP contribution >= 0.6 is 11.6 Å². The highest BCUT2D eigenvalue weighted by Crippen LogP contribution is 2.49. The minimum atomic E-state index is -6.36. The Morgan fingerprint density at radius 1 is 0.889 bits per heavy atom. The van der Waals surface area contributed by atoms with Crippen molar-refractivity contribution in [3.05, 3.63) is 0 Å². The lowest BCUT2D eigenvalue weighted by molar-refractivity contribution is -0.366. The van der Waals surface area contributed by atoms with Crippen molar-refractivity contribution in [2.75, 3.05) is 6.61 Å². The van der Waals surface area contributed by atoms with E-state index in [2.05, 4.69) is 16.3 Å². The summed E-state index contributed by atoms with van der Waals surface area (Å²) < 4.78 is 122. The molecule has 0 saturated carbocycles. The predicted molar refractivity (Wildman–Crippen MR) is 37.6 cm³/mol. The summed E-state index contributed by atoms with van der Waals surface area (Å²) in [5.74, 6) is -5.18. The highest BCUT2D eigenvalue weighted by Gasteiger charge is 2.72. The van der Waals surface area contributed by atoms with Gasteiger partial charge in [-0.25, -0.2) is 13.2 Å². The van der Waals surface area contributed by atoms with Crippen LogP contribution in [0.15, 0.2) is 0 Å². The van der Waals surface area contributed by atoms with Crippen molar-refractivity contribution in [3.63, 3.8) is 0 Å². The number of rotatable bonds is 5. The SMILES string of the molecule is FC(F)C(F)(F)COC(F)(F)C(F)(Cl)C(F)(F)F. The van der Waals surface area contributed by atoms with Crippen molar-refractivity contribution in [1.29, 1.82) is 0 Å². The minimum Gasteiger partial charge on any atom is -0.310 e. The smallest absolute Gasteiger partial charge is 0.310 e. The van der Waals surface area contributed by atoms with Gasteiger partial charge in [0.1, 0.15) is 6.61 Å². The Morgan fingerprint density at radius 2 is 1.28 bits per heavy atom. The molecule has 0 aliphatic heterocycles. The molecule has 0 aromatic rings. The third-order valence-electron chi connectivity index (χ3n) is 1.49. The molecule has 0 saturated heterocycles. The molecule has 1 nitrogen and oxygen atoms in total. The first-order chi connectivity index (χ1) is 7.65. The average Bonchev–Trinajstić information content (AvgIpc) is 2.12. The maximum Gasteiger partial charge on any atom is 0.446 e. The van der Waals surface area contributed by atoms with Crippen molar-refractivity contribution in [2.45, 2.75) is 29.8 Å². The Bertz CT molecular complexity index is 285. The summed E-state index contributed by atoms with van der Waals surface area (Å²) in [4.78, 5) is 0. The van der Waals surface area contributed by atoms with Crippen LogP contribution in [0, 0.1) is 0 Å². The topological polar surface area (TPSA) is 9.23 Å². The molecule has 0 rings (SSSR count). The molecule has 12 heteroatoms. The minimum absolute atomic E-state index is 2.56. The van der Waals surface area contributed by atoms with Crippen molar-refractivity contribution in [1.82, 2.24) is 0 Å². The molecule has 0 amide bonds. The van der Waals surface area contributed by atoms with E-state index in [0.29, 0.717) is 0 Å². The second kappa shape index (κ2) is 4.91. The molecule has 0 bridgehead atoms. The molecule has 110 valence electrons. The summed E-state index contributed by atoms with van der Waals surface area (Å²) in [6.45, 7) is -2.84. The molecule has 0 aliphatic rings. The largest absolute Gasteiger partial charge is 0.446 e. The Morgan fingerprint density at radius 3 is 1.56 bits per heavy atom. The Balaban J connectivity index is 4.88. The maximum absolute atomic E-state index is 12.5. The fourth-order valence-electron chi connectivity index (χ4n) is 0.505. The number of hydrogen-bond acceptors (Lipinski definition) is 1. The van der Waals surface area contributed by atoms with E-state index in [0.717, 1.165) is 0 Å². The molecule has 18 heavy (non-hydrogen) atoms. The summed E-state index contributed by atoms with van der Waals surface area (Å²) in [5.41, 5.74) is 0. The van der Waals surface area contributed by atoms with E-state index in [4.69, 9.17) is 0 Å². The summed E-state index contributed by atoms with van der Waals surface area (Å²) >= 11 is 3.81. The van der Waals surface area contributed by atoms with Crippen molar-refractivity contribution in [3.8, 4) is 0 Å². The number of halogens is 11. The molecular formula is C6H3ClF10O. The summed E-state index contributed by atoms with van der Waals surface area (Å²) in [6, 6.07) is 0. The normalized spacial score (nSPS) is 18.0. The van der Waals surface area contributed by atoms with Gasteiger partial charge in [0.2, 0.25) is 0 Å². The highest BCUT2D eigenvalue weighted by molar-refractivity contribution is 6.24. The van der Waals surface area contributed by atoms with Gasteiger partial charge in [0.15, 0.2) is 0 Å². The van der Waals surface area contributed by atoms with Gasteiger partial charge in [0, 0.05) is 0 Å². The van der Waals surface area contributed by atoms with Gasteiger partial charge in [-0.3, -0.25) is 0 Å². The zero-order valence-electron chi connectivity index (χ0n) is 7.85. The van der Waals surface area contributed by atoms with Crippen LogP contribution in [0.1, 0.15) is 0 Å². The Hall–Kier alpha value is -0.450. The van der Waals surface area contributed by atoms with Crippen molar-refractivity contribution in [2.24, 2.45) is 0 Å². The van der Waals surface area contributed by atoms with Gasteiger partial charge in [-0.2, -0.15) is 30.7 Å². The second-order valence-electron chi connectivity index (χ2n) is 2.94. The quantitative estimate of drug-likeness (QED) is 0.551. The van der Waals surface area contributed by atoms with Crippen LogP contribution in [0.3, 0.4) is 0 Å². The molecule has 1 atom stereocenters. The standard InChI is InChI=1S/C6H3ClF10O/c7-4(12,5(13,14)15)6(16,17)18-1-3(10,11)2(8)9/h2H,1H2. The lowest BCUT2D eigenvalue weighted by Gasteiger charge is -2.30. The highest BCUT2D eigenvalue weighted by atomic mass is 35.5. The molecule has 1 unspecified atom stereocenters. The Labute approximate surface area is 97.6 Å². The van der Waals surface area contributed by atoms with Crippen LogP contribution in [0.5, 0.6) is 0 Å². The molecule has 0 aliphatic carbocycles. The maximum atomic E-state index is 12.5. The number of hydrogen-bond donors (Lipinski definition) is 0. The van der Waals surface area contributed by atoms with Gasteiger partial charge < -0.3 is 4.74 Å². The van der Waals surface area contributed by atoms with Gasteiger partial charge in [-0.05, 0) is 0 Å². The van der Waals surface area contributed by atoms with Gasteiger partial charge >= 0.3 is 29.8 Å². The first kappa shape index (κ1) is 17.6. The summed E-state index contributed by atoms with van der Waals surface area (Å²) in [7, 11) is 0. The Kier molecular flexibility index (Phi) is 4.79. The number of alkyl halides is 11. The van der Waals surface area contributed by atoms with Crippen LogP contribution in [-0.4, -0.2) is 36.4 Å². The van der Waals surface area contributed by atoms with Gasteiger partial charge in [0.05, 0.1) is 0 Å². The van der Waals surface area contributed by atoms with Crippen LogP contribution in [-0.2, 0) is 4.74 Å². The molecule has 0 aromatic heterocycles. The van der Waals surface area contributed by atoms with E-state index >= 15 is 0 Å². The monoisotopic (exact) mass is 316 g/mol. The molecular weight excluding hydrogens is 313 g/mol. The fraction of sp³-hybridized carbons (Fsp3) is 1.00. The number of ether oxygens (including phenoxy) is 1. The molecule has 0 spiro atoms. The average molecular weight is 317 g/mol. The molecule has 0 heterocycles. The zero-order chi connectivity index (χ0) is 15.0. The third-order valence-corrected chi connectivity index (χ3v) is 1.92. The van der Waals surface area contributed by atoms with E-state index in [-0.39, 0.29) is 0 Å². The summed E-state index contributed by atoms with van der Waals surface area (Å²) in [6.07, 6.45) is -16.8. The molecule has 0 fully saturated rings. The molecule has 0 aromatic carbocycles. The van der Waals surface area contributed by atoms with E-state index in [1.807, 2.05) is 0 Å². The zero-order valence-corrected chi connectivity index (χ0v) is 8.61. The van der Waals surface area contributed by atoms with E-state index in [1.165, 1.54) is 0 Å². The lowest BCUT2D eigenvalue weighted by Crippen LogP contribution is -2.54. The van der Waals surface area contributed by atoms with E-state index in [9.17, 15) is 43.9 Å². The first-order valence-electron chi connectivity index (χ1n) is 3.77. The van der Waals surface area contributed by atoms with Crippen LogP contribution in [0.4, 0.5) is 43.9 Å². The predicted octanol–water partition coefficient (Wildman–Crippen LogP) is 3.96. The summed E-state index contributed by atoms with van der Waals surface area (Å²) in [5, 5.41) is -5.82. The molecule has 0 radical (unpaired) electrons. The van der Waals surface area contributed by atoms with E-state index < -0.39 is 36.4 Å². The van der Waals surface area contributed by atoms with Crippen LogP contribution < -0.4 is 0 Å². The molecule has 0 N–H and O–H groups in total. The van der Waals surface area contributed by atoms with Crippen molar-refractivity contribution < 1.29 is 48.6 Å². The fourth-order valence-corrected chi connectivity index (χ4v) is 0.560. The van der Waals surface area contributed by atoms with Crippen LogP contribution in [0.2, 0.25) is 0 Å². The van der Waals surface area contributed by atoms with Gasteiger partial charge in [-0.1, -0.05) is 11.6 Å². The lowest BCUT2D eigenvalue weighted by atomic mass is 10.3. The van der Waals surface area contributed by atoms with Gasteiger partial charge in [0.25, 0.3) is 0 Å². The van der Waals surface area contributed by atoms with E-state index in [1.54, 1.807) is 0 Å². The van der Waals surface area contributed by atoms with Crippen molar-refractivity contribution >= 4 is 11.6 Å².